The van der Waals surface area contributed by atoms with Gasteiger partial charge in [0.1, 0.15) is 0 Å². The van der Waals surface area contributed by atoms with E-state index in [2.05, 4.69) is 208 Å². The SMILES string of the molecule is C=C/C=C(\C=C)C1(c2ccccc2)c2ccccc2-c2ccc(N(c3cccc(-c4cccc5c(/C=C\C)c(C=C)sc45)c3)c3cccc4ccccc34)cc21. The molecule has 0 radical (unpaired) electrons. The molecule has 1 nitrogen and oxygen atoms in total. The maximum Gasteiger partial charge on any atom is 0.0714 e. The minimum Gasteiger partial charge on any atom is -0.310 e. The molecule has 0 fully saturated rings. The predicted molar refractivity (Wildman–Crippen MR) is 244 cm³/mol. The maximum atomic E-state index is 4.38. The zero-order valence-corrected chi connectivity index (χ0v) is 32.3. The van der Waals surface area contributed by atoms with Crippen LogP contribution in [-0.2, 0) is 5.41 Å². The normalized spacial score (nSPS) is 14.8. The van der Waals surface area contributed by atoms with Crippen molar-refractivity contribution in [1.29, 1.82) is 0 Å². The summed E-state index contributed by atoms with van der Waals surface area (Å²) in [7, 11) is 0. The fourth-order valence-corrected chi connectivity index (χ4v) is 10.0. The van der Waals surface area contributed by atoms with E-state index in [1.165, 1.54) is 64.7 Å². The lowest BCUT2D eigenvalue weighted by molar-refractivity contribution is 0.767. The molecule has 7 aromatic carbocycles. The van der Waals surface area contributed by atoms with Crippen molar-refractivity contribution in [3.63, 3.8) is 0 Å². The molecule has 1 aliphatic rings. The molecule has 56 heavy (non-hydrogen) atoms. The molecular weight excluding hydrogens is 695 g/mol. The average Bonchev–Trinajstić information content (AvgIpc) is 3.76. The van der Waals surface area contributed by atoms with Crippen LogP contribution in [-0.4, -0.2) is 0 Å². The third kappa shape index (κ3) is 5.45. The van der Waals surface area contributed by atoms with Crippen molar-refractivity contribution >= 4 is 61.4 Å². The Balaban J connectivity index is 1.32. The first-order valence-corrected chi connectivity index (χ1v) is 19.9. The van der Waals surface area contributed by atoms with Crippen LogP contribution in [0.1, 0.15) is 34.1 Å². The van der Waals surface area contributed by atoms with Crippen LogP contribution in [0.25, 0.3) is 55.3 Å². The standard InChI is InChI=1S/C54H41NS/c1-5-19-39(7-3)54(40-24-10-9-11-25-40)49-31-15-14-28-45(49)46-34-33-42(36-50(46)54)55(51-32-17-22-37-21-12-13-27-43(37)51)41-26-16-23-38(35-41)44-29-18-30-48-47(20-6-2)52(8-4)56-53(44)48/h5-36H,1,3-4H2,2H3/b20-6-,39-19+. The van der Waals surface area contributed by atoms with E-state index >= 15 is 0 Å². The van der Waals surface area contributed by atoms with Crippen molar-refractivity contribution in [2.45, 2.75) is 12.3 Å². The molecule has 0 saturated heterocycles. The topological polar surface area (TPSA) is 3.24 Å². The monoisotopic (exact) mass is 735 g/mol. The van der Waals surface area contributed by atoms with Crippen LogP contribution in [0, 0.1) is 0 Å². The molecule has 0 aliphatic heterocycles. The van der Waals surface area contributed by atoms with Crippen LogP contribution in [0.15, 0.2) is 207 Å². The number of thiophene rings is 1. The lowest BCUT2D eigenvalue weighted by Gasteiger charge is -2.35. The van der Waals surface area contributed by atoms with Gasteiger partial charge in [-0.25, -0.2) is 0 Å². The molecule has 1 heterocycles. The van der Waals surface area contributed by atoms with Crippen molar-refractivity contribution < 1.29 is 0 Å². The second-order valence-electron chi connectivity index (χ2n) is 14.1. The van der Waals surface area contributed by atoms with Gasteiger partial charge in [0, 0.05) is 31.7 Å². The van der Waals surface area contributed by atoms with Crippen LogP contribution in [0.3, 0.4) is 0 Å². The van der Waals surface area contributed by atoms with E-state index in [9.17, 15) is 0 Å². The van der Waals surface area contributed by atoms with E-state index < -0.39 is 5.41 Å². The van der Waals surface area contributed by atoms with Crippen molar-refractivity contribution in [2.24, 2.45) is 0 Å². The lowest BCUT2D eigenvalue weighted by Crippen LogP contribution is -2.29. The molecule has 268 valence electrons. The van der Waals surface area contributed by atoms with E-state index in [4.69, 9.17) is 0 Å². The van der Waals surface area contributed by atoms with E-state index in [0.29, 0.717) is 0 Å². The number of hydrogen-bond donors (Lipinski definition) is 0. The summed E-state index contributed by atoms with van der Waals surface area (Å²) in [5.74, 6) is 0. The van der Waals surface area contributed by atoms with Gasteiger partial charge in [-0.05, 0) is 92.7 Å². The first kappa shape index (κ1) is 35.0. The second-order valence-corrected chi connectivity index (χ2v) is 15.2. The van der Waals surface area contributed by atoms with Crippen LogP contribution in [0.2, 0.25) is 0 Å². The highest BCUT2D eigenvalue weighted by Gasteiger charge is 2.46. The van der Waals surface area contributed by atoms with Crippen LogP contribution in [0.5, 0.6) is 0 Å². The highest BCUT2D eigenvalue weighted by Crippen LogP contribution is 2.58. The third-order valence-electron chi connectivity index (χ3n) is 11.2. The number of fused-ring (bicyclic) bond motifs is 5. The molecule has 1 aliphatic carbocycles. The zero-order valence-electron chi connectivity index (χ0n) is 31.5. The van der Waals surface area contributed by atoms with Gasteiger partial charge in [-0.15, -0.1) is 11.3 Å². The van der Waals surface area contributed by atoms with Gasteiger partial charge in [-0.2, -0.15) is 0 Å². The summed E-state index contributed by atoms with van der Waals surface area (Å²) in [5.41, 5.74) is 13.4. The summed E-state index contributed by atoms with van der Waals surface area (Å²) in [6, 6.07) is 57.6. The van der Waals surface area contributed by atoms with Crippen LogP contribution < -0.4 is 4.90 Å². The van der Waals surface area contributed by atoms with Crippen molar-refractivity contribution in [1.82, 2.24) is 0 Å². The summed E-state index contributed by atoms with van der Waals surface area (Å²) in [6.07, 6.45) is 12.3. The first-order chi connectivity index (χ1) is 27.6. The molecule has 0 amide bonds. The summed E-state index contributed by atoms with van der Waals surface area (Å²) >= 11 is 1.80. The van der Waals surface area contributed by atoms with Gasteiger partial charge >= 0.3 is 0 Å². The van der Waals surface area contributed by atoms with E-state index in [1.807, 2.05) is 18.2 Å². The molecule has 0 bridgehead atoms. The van der Waals surface area contributed by atoms with Gasteiger partial charge in [0.15, 0.2) is 0 Å². The molecule has 1 unspecified atom stereocenters. The van der Waals surface area contributed by atoms with E-state index in [-0.39, 0.29) is 0 Å². The van der Waals surface area contributed by atoms with Gasteiger partial charge in [0.05, 0.1) is 11.1 Å². The predicted octanol–water partition coefficient (Wildman–Crippen LogP) is 15.5. The number of rotatable bonds is 10. The summed E-state index contributed by atoms with van der Waals surface area (Å²) < 4.78 is 1.26. The Kier molecular flexibility index (Phi) is 9.05. The number of nitrogens with zero attached hydrogens (tertiary/aromatic N) is 1. The Labute approximate surface area is 333 Å². The largest absolute Gasteiger partial charge is 0.310 e. The number of anilines is 3. The maximum absolute atomic E-state index is 4.38. The molecule has 1 atom stereocenters. The molecule has 1 aromatic heterocycles. The van der Waals surface area contributed by atoms with E-state index in [1.54, 1.807) is 11.3 Å². The third-order valence-corrected chi connectivity index (χ3v) is 12.4. The fraction of sp³-hybridized carbons (Fsp3) is 0.0370. The highest BCUT2D eigenvalue weighted by atomic mass is 32.1. The Morgan fingerprint density at radius 1 is 0.625 bits per heavy atom. The van der Waals surface area contributed by atoms with Crippen molar-refractivity contribution in [3.05, 3.63) is 234 Å². The van der Waals surface area contributed by atoms with Gasteiger partial charge in [-0.3, -0.25) is 0 Å². The van der Waals surface area contributed by atoms with E-state index in [0.717, 1.165) is 28.2 Å². The number of hydrogen-bond acceptors (Lipinski definition) is 2. The minimum absolute atomic E-state index is 0.603. The quantitative estimate of drug-likeness (QED) is 0.126. The summed E-state index contributed by atoms with van der Waals surface area (Å²) in [6.45, 7) is 14.7. The van der Waals surface area contributed by atoms with Crippen LogP contribution in [0.4, 0.5) is 17.1 Å². The van der Waals surface area contributed by atoms with Crippen molar-refractivity contribution in [2.75, 3.05) is 4.90 Å². The zero-order chi connectivity index (χ0) is 38.2. The number of allylic oxidation sites excluding steroid dienone is 5. The second kappa shape index (κ2) is 14.5. The first-order valence-electron chi connectivity index (χ1n) is 19.1. The Hall–Kier alpha value is -6.74. The molecule has 0 N–H and O–H groups in total. The Morgan fingerprint density at radius 3 is 2.14 bits per heavy atom. The molecule has 0 spiro atoms. The molecule has 8 aromatic rings. The van der Waals surface area contributed by atoms with Gasteiger partial charge in [0.25, 0.3) is 0 Å². The number of benzene rings is 7. The smallest absolute Gasteiger partial charge is 0.0714 e. The van der Waals surface area contributed by atoms with Gasteiger partial charge in [0.2, 0.25) is 0 Å². The molecule has 9 rings (SSSR count). The summed E-state index contributed by atoms with van der Waals surface area (Å²) in [5, 5.41) is 3.62. The van der Waals surface area contributed by atoms with Gasteiger partial charge in [-0.1, -0.05) is 184 Å². The van der Waals surface area contributed by atoms with Crippen LogP contribution >= 0.6 is 11.3 Å². The summed E-state index contributed by atoms with van der Waals surface area (Å²) in [4.78, 5) is 3.62. The van der Waals surface area contributed by atoms with Gasteiger partial charge < -0.3 is 4.90 Å². The molecular formula is C54H41NS. The fourth-order valence-electron chi connectivity index (χ4n) is 8.87. The Morgan fingerprint density at radius 2 is 1.32 bits per heavy atom. The van der Waals surface area contributed by atoms with Crippen molar-refractivity contribution in [3.8, 4) is 22.3 Å². The molecule has 2 heteroatoms. The lowest BCUT2D eigenvalue weighted by atomic mass is 9.67. The average molecular weight is 736 g/mol. The molecule has 0 saturated carbocycles. The minimum atomic E-state index is -0.603. The Bertz CT molecular complexity index is 2880. The highest BCUT2D eigenvalue weighted by molar-refractivity contribution is 7.20.